The van der Waals surface area contributed by atoms with E-state index in [1.54, 1.807) is 18.1 Å². The molecule has 2 N–H and O–H groups in total. The second-order valence-corrected chi connectivity index (χ2v) is 5.30. The van der Waals surface area contributed by atoms with Gasteiger partial charge in [0.2, 0.25) is 5.91 Å². The number of nitrogens with one attached hydrogen (secondary N) is 2. The highest BCUT2D eigenvalue weighted by Crippen LogP contribution is 2.16. The molecule has 126 valence electrons. The van der Waals surface area contributed by atoms with Crippen LogP contribution in [0, 0.1) is 10.1 Å². The van der Waals surface area contributed by atoms with Crippen molar-refractivity contribution >= 4 is 17.4 Å². The number of aromatic nitrogens is 1. The molecular formula is C14H21N5O4. The zero-order valence-corrected chi connectivity index (χ0v) is 13.0. The molecule has 1 fully saturated rings. The standard InChI is InChI=1S/C14H21N5O4/c1-23-7-5-15-9-14(20)18-6-4-11(10-18)17-13-3-2-12(8-16-13)19(21)22/h2-3,8,11,15H,4-7,9-10H2,1H3,(H,16,17). The lowest BCUT2D eigenvalue weighted by molar-refractivity contribution is -0.385. The minimum absolute atomic E-state index is 0.0408. The molecule has 1 atom stereocenters. The zero-order valence-electron chi connectivity index (χ0n) is 13.0. The number of anilines is 1. The fraction of sp³-hybridized carbons (Fsp3) is 0.571. The van der Waals surface area contributed by atoms with Gasteiger partial charge in [-0.2, -0.15) is 0 Å². The van der Waals surface area contributed by atoms with Gasteiger partial charge in [0, 0.05) is 38.9 Å². The number of rotatable bonds is 8. The highest BCUT2D eigenvalue weighted by Gasteiger charge is 2.26. The quantitative estimate of drug-likeness (QED) is 0.400. The van der Waals surface area contributed by atoms with E-state index in [9.17, 15) is 14.9 Å². The average Bonchev–Trinajstić information content (AvgIpc) is 3.00. The van der Waals surface area contributed by atoms with E-state index < -0.39 is 4.92 Å². The van der Waals surface area contributed by atoms with E-state index in [1.807, 2.05) is 0 Å². The van der Waals surface area contributed by atoms with Crippen LogP contribution in [0.2, 0.25) is 0 Å². The molecule has 2 heterocycles. The largest absolute Gasteiger partial charge is 0.383 e. The first-order chi connectivity index (χ1) is 11.1. The Morgan fingerprint density at radius 1 is 1.57 bits per heavy atom. The summed E-state index contributed by atoms with van der Waals surface area (Å²) in [6, 6.07) is 3.09. The number of nitrogens with zero attached hydrogens (tertiary/aromatic N) is 3. The van der Waals surface area contributed by atoms with Gasteiger partial charge in [-0.1, -0.05) is 0 Å². The maximum atomic E-state index is 12.0. The Bertz CT molecular complexity index is 536. The third kappa shape index (κ3) is 5.15. The number of hydrogen-bond acceptors (Lipinski definition) is 7. The van der Waals surface area contributed by atoms with Gasteiger partial charge in [0.15, 0.2) is 0 Å². The minimum atomic E-state index is -0.483. The first-order valence-corrected chi connectivity index (χ1v) is 7.44. The maximum absolute atomic E-state index is 12.0. The van der Waals surface area contributed by atoms with Crippen LogP contribution in [-0.2, 0) is 9.53 Å². The molecule has 0 bridgehead atoms. The van der Waals surface area contributed by atoms with Gasteiger partial charge in [-0.25, -0.2) is 4.98 Å². The van der Waals surface area contributed by atoms with Crippen molar-refractivity contribution in [1.82, 2.24) is 15.2 Å². The van der Waals surface area contributed by atoms with Crippen LogP contribution in [-0.4, -0.2) is 66.7 Å². The molecule has 1 amide bonds. The molecule has 0 aliphatic carbocycles. The summed E-state index contributed by atoms with van der Waals surface area (Å²) in [5.74, 6) is 0.634. The second kappa shape index (κ2) is 8.39. The maximum Gasteiger partial charge on any atom is 0.287 e. The van der Waals surface area contributed by atoms with Crippen LogP contribution in [0.25, 0.3) is 0 Å². The lowest BCUT2D eigenvalue weighted by Crippen LogP contribution is -2.38. The van der Waals surface area contributed by atoms with Gasteiger partial charge in [-0.15, -0.1) is 0 Å². The normalized spacial score (nSPS) is 17.3. The number of hydrogen-bond donors (Lipinski definition) is 2. The summed E-state index contributed by atoms with van der Waals surface area (Å²) in [4.78, 5) is 28.0. The van der Waals surface area contributed by atoms with Crippen molar-refractivity contribution < 1.29 is 14.5 Å². The van der Waals surface area contributed by atoms with Gasteiger partial charge in [-0.05, 0) is 12.5 Å². The molecule has 9 nitrogen and oxygen atoms in total. The predicted molar refractivity (Wildman–Crippen MR) is 84.2 cm³/mol. The Kier molecular flexibility index (Phi) is 6.24. The third-order valence-electron chi connectivity index (χ3n) is 3.61. The average molecular weight is 323 g/mol. The highest BCUT2D eigenvalue weighted by molar-refractivity contribution is 5.78. The van der Waals surface area contributed by atoms with Crippen LogP contribution in [0.15, 0.2) is 18.3 Å². The SMILES string of the molecule is COCCNCC(=O)N1CCC(Nc2ccc([N+](=O)[O-])cn2)C1. The zero-order chi connectivity index (χ0) is 16.7. The summed E-state index contributed by atoms with van der Waals surface area (Å²) >= 11 is 0. The van der Waals surface area contributed by atoms with Gasteiger partial charge in [-0.3, -0.25) is 14.9 Å². The summed E-state index contributed by atoms with van der Waals surface area (Å²) < 4.78 is 4.91. The van der Waals surface area contributed by atoms with Crippen molar-refractivity contribution in [3.63, 3.8) is 0 Å². The molecule has 2 rings (SSSR count). The lowest BCUT2D eigenvalue weighted by Gasteiger charge is -2.17. The van der Waals surface area contributed by atoms with E-state index >= 15 is 0 Å². The number of likely N-dealkylation sites (tertiary alicyclic amines) is 1. The minimum Gasteiger partial charge on any atom is -0.383 e. The number of carbonyl (C=O) groups is 1. The molecule has 0 aromatic carbocycles. The third-order valence-corrected chi connectivity index (χ3v) is 3.61. The van der Waals surface area contributed by atoms with E-state index in [0.29, 0.717) is 38.6 Å². The van der Waals surface area contributed by atoms with Crippen molar-refractivity contribution in [3.8, 4) is 0 Å². The van der Waals surface area contributed by atoms with Crippen molar-refractivity contribution in [1.29, 1.82) is 0 Å². The molecular weight excluding hydrogens is 302 g/mol. The van der Waals surface area contributed by atoms with Crippen LogP contribution in [0.3, 0.4) is 0 Å². The molecule has 1 unspecified atom stereocenters. The number of carbonyl (C=O) groups excluding carboxylic acids is 1. The van der Waals surface area contributed by atoms with Gasteiger partial charge < -0.3 is 20.3 Å². The van der Waals surface area contributed by atoms with Crippen LogP contribution in [0.4, 0.5) is 11.5 Å². The molecule has 0 radical (unpaired) electrons. The van der Waals surface area contributed by atoms with Gasteiger partial charge in [0.1, 0.15) is 12.0 Å². The lowest BCUT2D eigenvalue weighted by atomic mass is 10.2. The monoisotopic (exact) mass is 323 g/mol. The number of methoxy groups -OCH3 is 1. The molecule has 23 heavy (non-hydrogen) atoms. The van der Waals surface area contributed by atoms with Crippen molar-refractivity contribution in [2.24, 2.45) is 0 Å². The molecule has 0 spiro atoms. The molecule has 9 heteroatoms. The Morgan fingerprint density at radius 3 is 3.04 bits per heavy atom. The van der Waals surface area contributed by atoms with E-state index in [4.69, 9.17) is 4.74 Å². The number of amides is 1. The molecule has 1 aliphatic rings. The summed E-state index contributed by atoms with van der Waals surface area (Å²) in [5.41, 5.74) is -0.0408. The van der Waals surface area contributed by atoms with Crippen LogP contribution in [0.5, 0.6) is 0 Å². The van der Waals surface area contributed by atoms with Crippen LogP contribution < -0.4 is 10.6 Å². The predicted octanol–water partition coefficient (Wildman–Crippen LogP) is 0.239. The smallest absolute Gasteiger partial charge is 0.287 e. The van der Waals surface area contributed by atoms with Crippen molar-refractivity contribution in [2.45, 2.75) is 12.5 Å². The molecule has 0 saturated carbocycles. The first-order valence-electron chi connectivity index (χ1n) is 7.44. The molecule has 1 aromatic rings. The number of nitro groups is 1. The van der Waals surface area contributed by atoms with Crippen LogP contribution >= 0.6 is 0 Å². The van der Waals surface area contributed by atoms with Gasteiger partial charge >= 0.3 is 0 Å². The van der Waals surface area contributed by atoms with Crippen molar-refractivity contribution in [2.75, 3.05) is 45.2 Å². The Hall–Kier alpha value is -2.26. The van der Waals surface area contributed by atoms with E-state index in [1.165, 1.54) is 12.3 Å². The molecule has 1 saturated heterocycles. The van der Waals surface area contributed by atoms with E-state index in [-0.39, 0.29) is 17.6 Å². The molecule has 1 aliphatic heterocycles. The summed E-state index contributed by atoms with van der Waals surface area (Å²) in [5, 5.41) is 16.8. The topological polar surface area (TPSA) is 110 Å². The Morgan fingerprint density at radius 2 is 2.39 bits per heavy atom. The van der Waals surface area contributed by atoms with E-state index in [0.717, 1.165) is 6.42 Å². The summed E-state index contributed by atoms with van der Waals surface area (Å²) in [6.45, 7) is 2.80. The summed E-state index contributed by atoms with van der Waals surface area (Å²) in [7, 11) is 1.62. The van der Waals surface area contributed by atoms with Gasteiger partial charge in [0.05, 0.1) is 18.1 Å². The fourth-order valence-electron chi connectivity index (χ4n) is 2.37. The fourth-order valence-corrected chi connectivity index (χ4v) is 2.37. The highest BCUT2D eigenvalue weighted by atomic mass is 16.6. The number of pyridine rings is 1. The number of ether oxygens (including phenoxy) is 1. The van der Waals surface area contributed by atoms with Crippen molar-refractivity contribution in [3.05, 3.63) is 28.4 Å². The molecule has 1 aromatic heterocycles. The Balaban J connectivity index is 1.76. The Labute approximate surface area is 134 Å². The van der Waals surface area contributed by atoms with Gasteiger partial charge in [0.25, 0.3) is 5.69 Å². The van der Waals surface area contributed by atoms with Crippen LogP contribution in [0.1, 0.15) is 6.42 Å². The summed E-state index contributed by atoms with van der Waals surface area (Å²) in [6.07, 6.45) is 2.04. The second-order valence-electron chi connectivity index (χ2n) is 5.30. The first kappa shape index (κ1) is 17.1. The van der Waals surface area contributed by atoms with E-state index in [2.05, 4.69) is 15.6 Å².